The first-order chi connectivity index (χ1) is 17.8. The minimum Gasteiger partial charge on any atom is -0.481 e. The molecular formula is C29H31F2N3O3. The van der Waals surface area contributed by atoms with Crippen LogP contribution in [0, 0.1) is 10.8 Å². The van der Waals surface area contributed by atoms with Crippen molar-refractivity contribution in [3.05, 3.63) is 65.0 Å². The van der Waals surface area contributed by atoms with Gasteiger partial charge < -0.3 is 14.6 Å². The molecule has 3 heterocycles. The standard InChI is InChI=1S/C29H31F2N3O3/c30-25(31)20-4-1-3-19(15-20)17-34-23-18-33(14-6-21(23)22-5-2-13-32-26(22)34)24(35)16-28-7-10-29(11-8-28,12-9-28)27(36)37/h1-5,13,15,25H,6-12,14,16-18H2,(H,36,37). The maximum absolute atomic E-state index is 13.6. The molecule has 3 aromatic rings. The third-order valence-electron chi connectivity index (χ3n) is 9.29. The molecule has 2 aromatic heterocycles. The van der Waals surface area contributed by atoms with Gasteiger partial charge >= 0.3 is 5.97 Å². The Kier molecular flexibility index (Phi) is 5.81. The third-order valence-corrected chi connectivity index (χ3v) is 9.29. The topological polar surface area (TPSA) is 75.4 Å². The number of benzene rings is 1. The highest BCUT2D eigenvalue weighted by Gasteiger charge is 2.53. The number of carboxylic acid groups (broad SMARTS) is 1. The van der Waals surface area contributed by atoms with Crippen molar-refractivity contribution in [1.82, 2.24) is 14.5 Å². The number of amides is 1. The van der Waals surface area contributed by atoms with E-state index in [1.165, 1.54) is 11.6 Å². The van der Waals surface area contributed by atoms with E-state index in [9.17, 15) is 23.5 Å². The Balaban J connectivity index is 1.25. The number of carbonyl (C=O) groups is 2. The van der Waals surface area contributed by atoms with Crippen LogP contribution in [0.4, 0.5) is 8.78 Å². The van der Waals surface area contributed by atoms with Crippen LogP contribution in [0.15, 0.2) is 42.6 Å². The molecule has 0 saturated heterocycles. The number of hydrogen-bond donors (Lipinski definition) is 1. The molecular weight excluding hydrogens is 476 g/mol. The first kappa shape index (κ1) is 24.1. The first-order valence-electron chi connectivity index (χ1n) is 13.1. The molecule has 3 fully saturated rings. The van der Waals surface area contributed by atoms with Crippen molar-refractivity contribution in [2.24, 2.45) is 10.8 Å². The molecule has 1 amide bonds. The van der Waals surface area contributed by atoms with E-state index in [0.29, 0.717) is 45.3 Å². The van der Waals surface area contributed by atoms with Gasteiger partial charge in [-0.1, -0.05) is 18.2 Å². The fourth-order valence-corrected chi connectivity index (χ4v) is 6.94. The Morgan fingerprint density at radius 2 is 1.81 bits per heavy atom. The highest BCUT2D eigenvalue weighted by molar-refractivity contribution is 5.84. The molecule has 8 heteroatoms. The highest BCUT2D eigenvalue weighted by atomic mass is 19.3. The molecule has 37 heavy (non-hydrogen) atoms. The van der Waals surface area contributed by atoms with E-state index in [4.69, 9.17) is 0 Å². The SMILES string of the molecule is O=C(CC12CCC(C(=O)O)(CC1)CC2)N1CCc2c(n(Cc3cccc(C(F)F)c3)c3ncccc23)C1. The van der Waals surface area contributed by atoms with Gasteiger partial charge in [0.25, 0.3) is 6.43 Å². The van der Waals surface area contributed by atoms with Crippen molar-refractivity contribution in [2.75, 3.05) is 6.54 Å². The monoisotopic (exact) mass is 507 g/mol. The van der Waals surface area contributed by atoms with E-state index < -0.39 is 17.8 Å². The predicted molar refractivity (Wildman–Crippen MR) is 134 cm³/mol. The summed E-state index contributed by atoms with van der Waals surface area (Å²) >= 11 is 0. The lowest BCUT2D eigenvalue weighted by molar-refractivity contribution is -0.160. The summed E-state index contributed by atoms with van der Waals surface area (Å²) in [7, 11) is 0. The number of alkyl halides is 2. The van der Waals surface area contributed by atoms with Gasteiger partial charge in [0.2, 0.25) is 5.91 Å². The minimum atomic E-state index is -2.53. The molecule has 4 aliphatic rings. The number of halogens is 2. The maximum Gasteiger partial charge on any atom is 0.309 e. The zero-order chi connectivity index (χ0) is 25.8. The molecule has 1 N–H and O–H groups in total. The Hall–Kier alpha value is -3.29. The van der Waals surface area contributed by atoms with E-state index in [-0.39, 0.29) is 16.9 Å². The van der Waals surface area contributed by atoms with E-state index in [1.54, 1.807) is 18.3 Å². The van der Waals surface area contributed by atoms with Crippen LogP contribution in [0.25, 0.3) is 11.0 Å². The van der Waals surface area contributed by atoms with Crippen molar-refractivity contribution in [1.29, 1.82) is 0 Å². The van der Waals surface area contributed by atoms with E-state index in [2.05, 4.69) is 9.55 Å². The van der Waals surface area contributed by atoms with Crippen LogP contribution in [0.5, 0.6) is 0 Å². The van der Waals surface area contributed by atoms with Gasteiger partial charge in [-0.15, -0.1) is 0 Å². The van der Waals surface area contributed by atoms with Gasteiger partial charge in [0, 0.05) is 42.4 Å². The van der Waals surface area contributed by atoms with Gasteiger partial charge in [0.05, 0.1) is 12.0 Å². The van der Waals surface area contributed by atoms with Gasteiger partial charge in [-0.25, -0.2) is 13.8 Å². The Morgan fingerprint density at radius 3 is 2.51 bits per heavy atom. The predicted octanol–water partition coefficient (Wildman–Crippen LogP) is 5.72. The number of carboxylic acids is 1. The summed E-state index contributed by atoms with van der Waals surface area (Å²) in [5.41, 5.74) is 3.11. The fourth-order valence-electron chi connectivity index (χ4n) is 6.94. The fraction of sp³-hybridized carbons (Fsp3) is 0.483. The summed E-state index contributed by atoms with van der Waals surface area (Å²) in [4.78, 5) is 31.9. The van der Waals surface area contributed by atoms with Crippen LogP contribution in [-0.4, -0.2) is 38.0 Å². The summed E-state index contributed by atoms with van der Waals surface area (Å²) in [5.74, 6) is -0.559. The third kappa shape index (κ3) is 4.10. The molecule has 194 valence electrons. The van der Waals surface area contributed by atoms with Crippen LogP contribution >= 0.6 is 0 Å². The van der Waals surface area contributed by atoms with Crippen molar-refractivity contribution in [3.63, 3.8) is 0 Å². The number of aliphatic carboxylic acids is 1. The number of carbonyl (C=O) groups excluding carboxylic acids is 1. The van der Waals surface area contributed by atoms with E-state index in [1.807, 2.05) is 23.1 Å². The van der Waals surface area contributed by atoms with Gasteiger partial charge in [0.1, 0.15) is 5.65 Å². The maximum atomic E-state index is 13.6. The van der Waals surface area contributed by atoms with Crippen molar-refractivity contribution < 1.29 is 23.5 Å². The average molecular weight is 508 g/mol. The quantitative estimate of drug-likeness (QED) is 0.463. The first-order valence-corrected chi connectivity index (χ1v) is 13.1. The summed E-state index contributed by atoms with van der Waals surface area (Å²) in [5, 5.41) is 10.7. The lowest BCUT2D eigenvalue weighted by Crippen LogP contribution is -2.48. The zero-order valence-corrected chi connectivity index (χ0v) is 20.8. The molecule has 0 atom stereocenters. The smallest absolute Gasteiger partial charge is 0.309 e. The van der Waals surface area contributed by atoms with Crippen molar-refractivity contribution in [2.45, 2.75) is 70.9 Å². The molecule has 0 spiro atoms. The average Bonchev–Trinajstić information content (AvgIpc) is 3.22. The largest absolute Gasteiger partial charge is 0.481 e. The summed E-state index contributed by atoms with van der Waals surface area (Å²) in [6.45, 7) is 1.51. The van der Waals surface area contributed by atoms with E-state index in [0.717, 1.165) is 48.0 Å². The molecule has 0 unspecified atom stereocenters. The molecule has 0 radical (unpaired) electrons. The van der Waals surface area contributed by atoms with Crippen LogP contribution in [-0.2, 0) is 29.1 Å². The van der Waals surface area contributed by atoms with E-state index >= 15 is 0 Å². The molecule has 1 aliphatic heterocycles. The zero-order valence-electron chi connectivity index (χ0n) is 20.8. The summed E-state index contributed by atoms with van der Waals surface area (Å²) in [6.07, 6.45) is 4.80. The van der Waals surface area contributed by atoms with Gasteiger partial charge in [-0.2, -0.15) is 0 Å². The molecule has 2 bridgehead atoms. The number of fused-ring (bicyclic) bond motifs is 6. The number of rotatable bonds is 6. The second-order valence-corrected chi connectivity index (χ2v) is 11.3. The number of aromatic nitrogens is 2. The Bertz CT molecular complexity index is 1360. The van der Waals surface area contributed by atoms with Crippen molar-refractivity contribution >= 4 is 22.9 Å². The molecule has 3 aliphatic carbocycles. The molecule has 1 aromatic carbocycles. The van der Waals surface area contributed by atoms with Gasteiger partial charge in [-0.3, -0.25) is 9.59 Å². The summed E-state index contributed by atoms with van der Waals surface area (Å²) < 4.78 is 28.7. The summed E-state index contributed by atoms with van der Waals surface area (Å²) in [6, 6.07) is 10.4. The normalized spacial score (nSPS) is 25.0. The Morgan fingerprint density at radius 1 is 1.05 bits per heavy atom. The van der Waals surface area contributed by atoms with Crippen LogP contribution in [0.3, 0.4) is 0 Å². The van der Waals surface area contributed by atoms with Crippen LogP contribution in [0.1, 0.15) is 73.8 Å². The van der Waals surface area contributed by atoms with Gasteiger partial charge in [0.15, 0.2) is 0 Å². The second kappa shape index (κ2) is 8.92. The lowest BCUT2D eigenvalue weighted by Gasteiger charge is -2.51. The van der Waals surface area contributed by atoms with Crippen LogP contribution < -0.4 is 0 Å². The van der Waals surface area contributed by atoms with Gasteiger partial charge in [-0.05, 0) is 79.7 Å². The minimum absolute atomic E-state index is 0.00118. The molecule has 3 saturated carbocycles. The Labute approximate surface area is 214 Å². The van der Waals surface area contributed by atoms with Crippen LogP contribution in [0.2, 0.25) is 0 Å². The number of pyridine rings is 1. The molecule has 7 rings (SSSR count). The lowest BCUT2D eigenvalue weighted by atomic mass is 9.53. The number of nitrogens with zero attached hydrogens (tertiary/aromatic N) is 3. The number of hydrogen-bond acceptors (Lipinski definition) is 3. The van der Waals surface area contributed by atoms with Crippen molar-refractivity contribution in [3.8, 4) is 0 Å². The molecule has 6 nitrogen and oxygen atoms in total. The highest BCUT2D eigenvalue weighted by Crippen LogP contribution is 2.58. The second-order valence-electron chi connectivity index (χ2n) is 11.3.